The topological polar surface area (TPSA) is 72.8 Å². The Bertz CT molecular complexity index is 317. The molecule has 0 spiro atoms. The first-order valence-electron chi connectivity index (χ1n) is 4.52. The van der Waals surface area contributed by atoms with Gasteiger partial charge in [0.15, 0.2) is 0 Å². The second kappa shape index (κ2) is 5.97. The van der Waals surface area contributed by atoms with E-state index in [1.54, 1.807) is 0 Å². The third-order valence-electron chi connectivity index (χ3n) is 1.61. The van der Waals surface area contributed by atoms with E-state index in [-0.39, 0.29) is 6.61 Å². The Kier molecular flexibility index (Phi) is 6.01. The molecule has 0 aliphatic rings. The highest BCUT2D eigenvalue weighted by atomic mass is 31.3. The summed E-state index contributed by atoms with van der Waals surface area (Å²) in [6, 6.07) is 0. The quantitative estimate of drug-likeness (QED) is 0.584. The lowest BCUT2D eigenvalue weighted by Crippen LogP contribution is -1.95. The van der Waals surface area contributed by atoms with E-state index >= 15 is 0 Å². The Morgan fingerprint density at radius 1 is 1.40 bits per heavy atom. The molecule has 0 aromatic heterocycles. The minimum atomic E-state index is -3.76. The molecule has 0 amide bonds. The molecular weight excluding hydrogens is 238 g/mol. The fourth-order valence-electron chi connectivity index (χ4n) is 0.816. The highest BCUT2D eigenvalue weighted by Crippen LogP contribution is 2.58. The lowest BCUT2D eigenvalue weighted by Gasteiger charge is -2.15. The maximum absolute atomic E-state index is 11.5. The fourth-order valence-corrected chi connectivity index (χ4v) is 3.63. The first-order valence-corrected chi connectivity index (χ1v) is 8.53. The van der Waals surface area contributed by atoms with Crippen molar-refractivity contribution in [3.05, 3.63) is 11.6 Å². The summed E-state index contributed by atoms with van der Waals surface area (Å²) in [6.07, 6.45) is 2.54. The molecule has 0 saturated carbocycles. The van der Waals surface area contributed by atoms with Crippen LogP contribution in [0.15, 0.2) is 11.6 Å². The second-order valence-electron chi connectivity index (χ2n) is 3.37. The van der Waals surface area contributed by atoms with Crippen LogP contribution in [-0.4, -0.2) is 24.8 Å². The van der Waals surface area contributed by atoms with E-state index in [0.717, 1.165) is 12.2 Å². The first-order chi connectivity index (χ1) is 6.66. The zero-order valence-corrected chi connectivity index (χ0v) is 11.3. The van der Waals surface area contributed by atoms with Crippen LogP contribution in [0.1, 0.15) is 20.3 Å². The van der Waals surface area contributed by atoms with Gasteiger partial charge in [0.2, 0.25) is 0 Å². The third kappa shape index (κ3) is 9.04. The Morgan fingerprint density at radius 3 is 2.33 bits per heavy atom. The summed E-state index contributed by atoms with van der Waals surface area (Å²) in [4.78, 5) is 8.88. The van der Waals surface area contributed by atoms with Crippen molar-refractivity contribution < 1.29 is 22.9 Å². The van der Waals surface area contributed by atoms with Crippen LogP contribution in [0.3, 0.4) is 0 Å². The van der Waals surface area contributed by atoms with Gasteiger partial charge in [-0.05, 0) is 20.3 Å². The Labute approximate surface area is 90.6 Å². The normalized spacial score (nSPS) is 20.7. The molecule has 1 N–H and O–H groups in total. The summed E-state index contributed by atoms with van der Waals surface area (Å²) in [7, 11) is -7.18. The summed E-state index contributed by atoms with van der Waals surface area (Å²) in [6.45, 7) is 6.19. The molecule has 0 aliphatic heterocycles. The van der Waals surface area contributed by atoms with Gasteiger partial charge in [0.1, 0.15) is 0 Å². The first kappa shape index (κ1) is 15.1. The molecular formula is C8H18O5P2. The van der Waals surface area contributed by atoms with Gasteiger partial charge in [0, 0.05) is 13.3 Å². The summed E-state index contributed by atoms with van der Waals surface area (Å²) >= 11 is 0. The smallest absolute Gasteiger partial charge is 0.324 e. The summed E-state index contributed by atoms with van der Waals surface area (Å²) in [5, 5.41) is 0. The third-order valence-corrected chi connectivity index (χ3v) is 4.66. The molecule has 0 saturated heterocycles. The van der Waals surface area contributed by atoms with Gasteiger partial charge in [-0.2, -0.15) is 0 Å². The van der Waals surface area contributed by atoms with Gasteiger partial charge >= 0.3 is 15.2 Å². The second-order valence-corrected chi connectivity index (χ2v) is 7.43. The van der Waals surface area contributed by atoms with Gasteiger partial charge in [-0.25, -0.2) is 4.31 Å². The maximum Gasteiger partial charge on any atom is 0.334 e. The van der Waals surface area contributed by atoms with Gasteiger partial charge in [-0.15, -0.1) is 0 Å². The molecule has 0 radical (unpaired) electrons. The molecule has 0 aliphatic carbocycles. The standard InChI is InChI=1S/C8H18O5P2/c1-5-8(2)6-7-12-15(4,11)13-14(3,9)10/h5H,6-7H2,1-4H3,(H,9,10)/b8-5+. The average Bonchev–Trinajstić information content (AvgIpc) is 1.98. The Morgan fingerprint density at radius 2 is 1.93 bits per heavy atom. The van der Waals surface area contributed by atoms with Crippen molar-refractivity contribution in [2.75, 3.05) is 19.9 Å². The molecule has 5 nitrogen and oxygen atoms in total. The summed E-state index contributed by atoms with van der Waals surface area (Å²) in [5.41, 5.74) is 1.10. The molecule has 0 rings (SSSR count). The van der Waals surface area contributed by atoms with E-state index in [0.29, 0.717) is 6.42 Å². The SMILES string of the molecule is C/C=C(\C)CCOP(C)(=O)OP(C)(=O)O. The van der Waals surface area contributed by atoms with Crippen molar-refractivity contribution in [2.24, 2.45) is 0 Å². The lowest BCUT2D eigenvalue weighted by atomic mass is 10.2. The van der Waals surface area contributed by atoms with Gasteiger partial charge in [-0.1, -0.05) is 11.6 Å². The van der Waals surface area contributed by atoms with Crippen molar-refractivity contribution in [3.63, 3.8) is 0 Å². The van der Waals surface area contributed by atoms with Crippen molar-refractivity contribution in [1.82, 2.24) is 0 Å². The van der Waals surface area contributed by atoms with E-state index in [1.165, 1.54) is 6.66 Å². The Balaban J connectivity index is 4.06. The number of allylic oxidation sites excluding steroid dienone is 1. The number of hydrogen-bond donors (Lipinski definition) is 1. The van der Waals surface area contributed by atoms with E-state index < -0.39 is 15.2 Å². The Hall–Kier alpha value is 0.0800. The van der Waals surface area contributed by atoms with Crippen molar-refractivity contribution in [2.45, 2.75) is 20.3 Å². The minimum Gasteiger partial charge on any atom is -0.324 e. The van der Waals surface area contributed by atoms with Crippen LogP contribution < -0.4 is 0 Å². The molecule has 0 heterocycles. The summed E-state index contributed by atoms with van der Waals surface area (Å²) in [5.74, 6) is 0. The average molecular weight is 256 g/mol. The molecule has 15 heavy (non-hydrogen) atoms. The molecule has 0 aromatic rings. The molecule has 90 valence electrons. The highest BCUT2D eigenvalue weighted by molar-refractivity contribution is 7.65. The zero-order chi connectivity index (χ0) is 12.1. The van der Waals surface area contributed by atoms with Crippen LogP contribution in [0.25, 0.3) is 0 Å². The minimum absolute atomic E-state index is 0.212. The molecule has 7 heteroatoms. The lowest BCUT2D eigenvalue weighted by molar-refractivity contribution is 0.262. The molecule has 2 atom stereocenters. The molecule has 0 aromatic carbocycles. The predicted molar refractivity (Wildman–Crippen MR) is 60.4 cm³/mol. The van der Waals surface area contributed by atoms with Crippen LogP contribution in [-0.2, 0) is 18.0 Å². The van der Waals surface area contributed by atoms with Crippen LogP contribution in [0.5, 0.6) is 0 Å². The van der Waals surface area contributed by atoms with Crippen molar-refractivity contribution in [3.8, 4) is 0 Å². The number of rotatable bonds is 6. The monoisotopic (exact) mass is 256 g/mol. The fraction of sp³-hybridized carbons (Fsp3) is 0.750. The number of hydrogen-bond acceptors (Lipinski definition) is 4. The highest BCUT2D eigenvalue weighted by Gasteiger charge is 2.26. The molecule has 2 unspecified atom stereocenters. The largest absolute Gasteiger partial charge is 0.334 e. The zero-order valence-electron chi connectivity index (χ0n) is 9.47. The molecule has 0 bridgehead atoms. The van der Waals surface area contributed by atoms with Crippen molar-refractivity contribution in [1.29, 1.82) is 0 Å². The van der Waals surface area contributed by atoms with E-state index in [2.05, 4.69) is 4.31 Å². The molecule has 0 fully saturated rings. The predicted octanol–water partition coefficient (Wildman–Crippen LogP) is 3.01. The van der Waals surface area contributed by atoms with Crippen LogP contribution >= 0.6 is 15.2 Å². The van der Waals surface area contributed by atoms with Gasteiger partial charge in [-0.3, -0.25) is 9.13 Å². The van der Waals surface area contributed by atoms with Gasteiger partial charge in [0.25, 0.3) is 0 Å². The van der Waals surface area contributed by atoms with Gasteiger partial charge < -0.3 is 9.42 Å². The van der Waals surface area contributed by atoms with E-state index in [1.807, 2.05) is 19.9 Å². The summed E-state index contributed by atoms with van der Waals surface area (Å²) < 4.78 is 31.8. The van der Waals surface area contributed by atoms with Crippen LogP contribution in [0, 0.1) is 0 Å². The van der Waals surface area contributed by atoms with Crippen LogP contribution in [0.2, 0.25) is 0 Å². The van der Waals surface area contributed by atoms with E-state index in [4.69, 9.17) is 9.42 Å². The van der Waals surface area contributed by atoms with Gasteiger partial charge in [0.05, 0.1) is 6.61 Å². The van der Waals surface area contributed by atoms with Crippen LogP contribution in [0.4, 0.5) is 0 Å². The van der Waals surface area contributed by atoms with Crippen molar-refractivity contribution >= 4 is 15.2 Å². The van der Waals surface area contributed by atoms with E-state index in [9.17, 15) is 9.13 Å². The maximum atomic E-state index is 11.5.